The third kappa shape index (κ3) is 9.70. The van der Waals surface area contributed by atoms with Gasteiger partial charge in [-0.2, -0.15) is 0 Å². The van der Waals surface area contributed by atoms with Crippen LogP contribution < -0.4 is 15.0 Å². The maximum absolute atomic E-state index is 14.6. The van der Waals surface area contributed by atoms with Crippen LogP contribution in [0.25, 0.3) is 10.2 Å². The normalized spacial score (nSPS) is 11.1. The summed E-state index contributed by atoms with van der Waals surface area (Å²) in [6.45, 7) is 2.76. The summed E-state index contributed by atoms with van der Waals surface area (Å²) >= 11 is 2.65. The number of benzene rings is 2. The van der Waals surface area contributed by atoms with Crippen molar-refractivity contribution in [3.8, 4) is 17.6 Å². The molecule has 49 heavy (non-hydrogen) atoms. The van der Waals surface area contributed by atoms with E-state index in [4.69, 9.17) is 4.74 Å². The number of rotatable bonds is 15. The van der Waals surface area contributed by atoms with Crippen molar-refractivity contribution in [3.63, 3.8) is 0 Å². The van der Waals surface area contributed by atoms with Crippen LogP contribution in [-0.2, 0) is 17.1 Å². The van der Waals surface area contributed by atoms with Crippen LogP contribution in [0.2, 0.25) is 0 Å². The summed E-state index contributed by atoms with van der Waals surface area (Å²) in [5.74, 6) is 5.06. The smallest absolute Gasteiger partial charge is 0.355 e. The Labute approximate surface area is 292 Å². The number of carboxylic acids is 1. The Morgan fingerprint density at radius 3 is 2.61 bits per heavy atom. The summed E-state index contributed by atoms with van der Waals surface area (Å²) < 4.78 is 44.0. The number of hydrogen-bond donors (Lipinski definition) is 3. The van der Waals surface area contributed by atoms with Gasteiger partial charge in [0, 0.05) is 22.7 Å². The molecule has 0 aliphatic rings. The molecular formula is C33H34FN7O5S3. The zero-order valence-corrected chi connectivity index (χ0v) is 29.5. The van der Waals surface area contributed by atoms with Crippen molar-refractivity contribution in [1.82, 2.24) is 25.1 Å². The van der Waals surface area contributed by atoms with Crippen LogP contribution in [0.1, 0.15) is 39.3 Å². The predicted octanol–water partition coefficient (Wildman–Crippen LogP) is 5.50. The molecule has 0 fully saturated rings. The molecule has 0 saturated heterocycles. The number of aryl methyl sites for hydroxylation is 2. The van der Waals surface area contributed by atoms with Crippen molar-refractivity contribution in [3.05, 3.63) is 76.0 Å². The summed E-state index contributed by atoms with van der Waals surface area (Å²) in [6.07, 6.45) is 0.973. The number of aromatic carboxylic acids is 1. The highest BCUT2D eigenvalue weighted by Gasteiger charge is 2.23. The van der Waals surface area contributed by atoms with Gasteiger partial charge in [0.25, 0.3) is 0 Å². The molecule has 2 N–H and O–H groups in total. The summed E-state index contributed by atoms with van der Waals surface area (Å²) in [5.41, 5.74) is 2.03. The second-order valence-electron chi connectivity index (χ2n) is 11.1. The van der Waals surface area contributed by atoms with Crippen molar-refractivity contribution < 1.29 is 27.4 Å². The first kappa shape index (κ1) is 35.6. The number of thiol groups is 1. The standard InChI is InChI=1S/C33H34FN7O5S3/c1-21-19-28(38-39-30(21)37-32-35-24-10-4-5-11-26(24)47-32)41(16-8-18-49(44)45)33-36-29(31(42)43)27(48-33)12-7-17-46-25-14-13-22(20-23(25)34)9-6-15-40(2)3/h4-5,10-11,13-14,19-20,49H,7-8,12,15-18H2,1-3H3,(H,42,43)(H,35,37,39). The molecule has 0 atom stereocenters. The molecule has 0 unspecified atom stereocenters. The lowest BCUT2D eigenvalue weighted by molar-refractivity contribution is 0.0690. The van der Waals surface area contributed by atoms with E-state index < -0.39 is 22.5 Å². The second-order valence-corrected chi connectivity index (χ2v) is 14.3. The van der Waals surface area contributed by atoms with Crippen molar-refractivity contribution >= 4 is 71.5 Å². The summed E-state index contributed by atoms with van der Waals surface area (Å²) in [5, 5.41) is 22.9. The van der Waals surface area contributed by atoms with Gasteiger partial charge in [-0.3, -0.25) is 4.90 Å². The zero-order valence-electron chi connectivity index (χ0n) is 27.0. The monoisotopic (exact) mass is 723 g/mol. The van der Waals surface area contributed by atoms with E-state index in [0.29, 0.717) is 51.7 Å². The lowest BCUT2D eigenvalue weighted by Crippen LogP contribution is -2.21. The van der Waals surface area contributed by atoms with E-state index in [9.17, 15) is 22.7 Å². The Bertz CT molecular complexity index is 2050. The second kappa shape index (κ2) is 16.6. The average molecular weight is 724 g/mol. The number of aromatic nitrogens is 4. The van der Waals surface area contributed by atoms with E-state index in [0.717, 1.165) is 15.8 Å². The molecular weight excluding hydrogens is 690 g/mol. The zero-order chi connectivity index (χ0) is 34.9. The number of fused-ring (bicyclic) bond motifs is 1. The molecule has 12 nitrogen and oxygen atoms in total. The van der Waals surface area contributed by atoms with Gasteiger partial charge in [0.1, 0.15) is 10.7 Å². The van der Waals surface area contributed by atoms with Crippen LogP contribution in [0.5, 0.6) is 5.75 Å². The van der Waals surface area contributed by atoms with Gasteiger partial charge in [-0.25, -0.2) is 27.6 Å². The molecule has 3 heterocycles. The van der Waals surface area contributed by atoms with E-state index in [1.807, 2.05) is 50.2 Å². The molecule has 0 spiro atoms. The van der Waals surface area contributed by atoms with Gasteiger partial charge in [-0.1, -0.05) is 35.3 Å². The van der Waals surface area contributed by atoms with Gasteiger partial charge in [-0.15, -0.1) is 21.5 Å². The maximum Gasteiger partial charge on any atom is 0.355 e. The Balaban J connectivity index is 1.30. The third-order valence-corrected chi connectivity index (χ3v) is 9.75. The van der Waals surface area contributed by atoms with Crippen LogP contribution in [0, 0.1) is 24.6 Å². The highest BCUT2D eigenvalue weighted by molar-refractivity contribution is 7.72. The van der Waals surface area contributed by atoms with Crippen LogP contribution in [0.3, 0.4) is 0 Å². The molecule has 0 radical (unpaired) electrons. The molecule has 0 aliphatic carbocycles. The lowest BCUT2D eigenvalue weighted by atomic mass is 10.2. The number of halogens is 1. The first-order chi connectivity index (χ1) is 23.6. The molecule has 2 aromatic carbocycles. The van der Waals surface area contributed by atoms with Gasteiger partial charge in [0.15, 0.2) is 39.2 Å². The lowest BCUT2D eigenvalue weighted by Gasteiger charge is -2.20. The predicted molar refractivity (Wildman–Crippen MR) is 191 cm³/mol. The van der Waals surface area contributed by atoms with E-state index in [-0.39, 0.29) is 36.8 Å². The Morgan fingerprint density at radius 2 is 1.90 bits per heavy atom. The SMILES string of the molecule is Cc1cc(N(CCC[SH](=O)=O)c2nc(C(=O)O)c(CCCOc3ccc(C#CCN(C)C)cc3F)s2)nnc1Nc1nc2ccccc2s1. The fourth-order valence-electron chi connectivity index (χ4n) is 4.62. The summed E-state index contributed by atoms with van der Waals surface area (Å²) in [4.78, 5) is 25.3. The van der Waals surface area contributed by atoms with Gasteiger partial charge < -0.3 is 20.1 Å². The number of anilines is 4. The molecule has 5 rings (SSSR count). The summed E-state index contributed by atoms with van der Waals surface area (Å²) in [6, 6.07) is 14.1. The number of nitrogens with one attached hydrogen (secondary N) is 1. The van der Waals surface area contributed by atoms with Gasteiger partial charge in [-0.05, 0) is 82.2 Å². The van der Waals surface area contributed by atoms with Crippen molar-refractivity contribution in [2.24, 2.45) is 0 Å². The van der Waals surface area contributed by atoms with Crippen molar-refractivity contribution in [1.29, 1.82) is 0 Å². The number of thiazole rings is 2. The molecule has 16 heteroatoms. The van der Waals surface area contributed by atoms with E-state index >= 15 is 0 Å². The van der Waals surface area contributed by atoms with Crippen LogP contribution in [-0.4, -0.2) is 84.1 Å². The number of nitrogens with zero attached hydrogens (tertiary/aromatic N) is 6. The molecule has 0 saturated carbocycles. The molecule has 0 amide bonds. The van der Waals surface area contributed by atoms with Crippen molar-refractivity contribution in [2.45, 2.75) is 26.2 Å². The van der Waals surface area contributed by atoms with E-state index in [2.05, 4.69) is 37.3 Å². The minimum atomic E-state index is -2.61. The largest absolute Gasteiger partial charge is 0.491 e. The summed E-state index contributed by atoms with van der Waals surface area (Å²) in [7, 11) is 1.19. The number of para-hydroxylation sites is 1. The van der Waals surface area contributed by atoms with Crippen molar-refractivity contribution in [2.75, 3.05) is 49.8 Å². The number of carboxylic acid groups (broad SMARTS) is 1. The fraction of sp³-hybridized carbons (Fsp3) is 0.303. The fourth-order valence-corrected chi connectivity index (χ4v) is 7.01. The van der Waals surface area contributed by atoms with E-state index in [1.165, 1.54) is 34.8 Å². The Morgan fingerprint density at radius 1 is 1.08 bits per heavy atom. The average Bonchev–Trinajstić information content (AvgIpc) is 3.67. The number of hydrogen-bond acceptors (Lipinski definition) is 13. The number of ether oxygens (including phenoxy) is 1. The first-order valence-electron chi connectivity index (χ1n) is 15.2. The van der Waals surface area contributed by atoms with Crippen LogP contribution in [0.4, 0.5) is 26.3 Å². The molecule has 3 aromatic heterocycles. The maximum atomic E-state index is 14.6. The Hall–Kier alpha value is -4.69. The highest BCUT2D eigenvalue weighted by atomic mass is 32.2. The van der Waals surface area contributed by atoms with Crippen LogP contribution >= 0.6 is 22.7 Å². The molecule has 256 valence electrons. The minimum Gasteiger partial charge on any atom is -0.491 e. The van der Waals surface area contributed by atoms with Gasteiger partial charge in [0.2, 0.25) is 0 Å². The highest BCUT2D eigenvalue weighted by Crippen LogP contribution is 2.34. The Kier molecular flexibility index (Phi) is 12.1. The minimum absolute atomic E-state index is 0.0585. The van der Waals surface area contributed by atoms with Gasteiger partial charge in [0.05, 0.1) is 23.4 Å². The topological polar surface area (TPSA) is 151 Å². The quantitative estimate of drug-likeness (QED) is 0.0712. The third-order valence-electron chi connectivity index (χ3n) is 6.97. The van der Waals surface area contributed by atoms with E-state index in [1.54, 1.807) is 17.0 Å². The van der Waals surface area contributed by atoms with Crippen LogP contribution in [0.15, 0.2) is 48.5 Å². The molecule has 5 aromatic rings. The molecule has 0 bridgehead atoms. The molecule has 0 aliphatic heterocycles. The first-order valence-corrected chi connectivity index (χ1v) is 18.2. The number of carbonyl (C=O) groups is 1. The van der Waals surface area contributed by atoms with Gasteiger partial charge >= 0.3 is 5.97 Å².